The van der Waals surface area contributed by atoms with E-state index in [9.17, 15) is 18.0 Å². The third kappa shape index (κ3) is 5.97. The molecule has 0 unspecified atom stereocenters. The van der Waals surface area contributed by atoms with Crippen LogP contribution in [0.3, 0.4) is 0 Å². The second-order valence-corrected chi connectivity index (χ2v) is 8.49. The van der Waals surface area contributed by atoms with E-state index in [1.165, 1.54) is 24.1 Å². The van der Waals surface area contributed by atoms with Crippen LogP contribution in [0.2, 0.25) is 0 Å². The van der Waals surface area contributed by atoms with Gasteiger partial charge in [0.15, 0.2) is 6.10 Å². The van der Waals surface area contributed by atoms with E-state index in [0.717, 1.165) is 29.0 Å². The van der Waals surface area contributed by atoms with E-state index < -0.39 is 23.9 Å². The molecule has 36 heavy (non-hydrogen) atoms. The average Bonchev–Trinajstić information content (AvgIpc) is 3.32. The second-order valence-electron chi connectivity index (χ2n) is 8.49. The number of carbonyl (C=O) groups is 1. The smallest absolute Gasteiger partial charge is 0.416 e. The first-order valence-electron chi connectivity index (χ1n) is 11.4. The Morgan fingerprint density at radius 1 is 1.08 bits per heavy atom. The van der Waals surface area contributed by atoms with Crippen LogP contribution >= 0.6 is 0 Å². The molecule has 1 atom stereocenters. The van der Waals surface area contributed by atoms with Gasteiger partial charge < -0.3 is 19.8 Å². The normalized spacial score (nSPS) is 15.1. The highest BCUT2D eigenvalue weighted by atomic mass is 19.4. The van der Waals surface area contributed by atoms with E-state index in [-0.39, 0.29) is 13.1 Å². The van der Waals surface area contributed by atoms with Crippen molar-refractivity contribution in [1.29, 1.82) is 0 Å². The number of nitrogens with one attached hydrogen (secondary N) is 1. The minimum absolute atomic E-state index is 0.0820. The van der Waals surface area contributed by atoms with Gasteiger partial charge >= 0.3 is 12.2 Å². The molecule has 4 rings (SSSR count). The molecule has 9 heteroatoms. The number of ether oxygens (including phenoxy) is 1. The maximum absolute atomic E-state index is 13.3. The van der Waals surface area contributed by atoms with Crippen LogP contribution in [0.25, 0.3) is 0 Å². The van der Waals surface area contributed by atoms with Crippen molar-refractivity contribution < 1.29 is 27.5 Å². The molecule has 0 aliphatic carbocycles. The summed E-state index contributed by atoms with van der Waals surface area (Å²) in [5.41, 5.74) is 3.12. The van der Waals surface area contributed by atoms with E-state index >= 15 is 0 Å². The van der Waals surface area contributed by atoms with Gasteiger partial charge in [0.05, 0.1) is 30.6 Å². The van der Waals surface area contributed by atoms with Gasteiger partial charge in [-0.3, -0.25) is 0 Å². The van der Waals surface area contributed by atoms with Gasteiger partial charge in [-0.1, -0.05) is 53.7 Å². The number of methoxy groups -OCH3 is 1. The molecular formula is C27H26F3N3O3. The van der Waals surface area contributed by atoms with Crippen LogP contribution in [-0.2, 0) is 17.6 Å². The molecule has 1 heterocycles. The van der Waals surface area contributed by atoms with E-state index in [4.69, 9.17) is 9.57 Å². The number of rotatable bonds is 7. The number of carbonyl (C=O) groups excluding carboxylic acids is 1. The van der Waals surface area contributed by atoms with Gasteiger partial charge in [-0.05, 0) is 42.3 Å². The van der Waals surface area contributed by atoms with Crippen molar-refractivity contribution in [3.05, 3.63) is 95.1 Å². The molecule has 6 nitrogen and oxygen atoms in total. The molecule has 3 aromatic carbocycles. The Balaban J connectivity index is 1.51. The number of alkyl halides is 3. The predicted molar refractivity (Wildman–Crippen MR) is 131 cm³/mol. The van der Waals surface area contributed by atoms with Crippen molar-refractivity contribution in [2.75, 3.05) is 19.0 Å². The Hall–Kier alpha value is -4.01. The fraction of sp³-hybridized carbons (Fsp3) is 0.259. The maximum Gasteiger partial charge on any atom is 0.416 e. The van der Waals surface area contributed by atoms with Crippen LogP contribution in [0.15, 0.2) is 78.0 Å². The lowest BCUT2D eigenvalue weighted by atomic mass is 10.0. The number of oxime groups is 1. The first-order valence-corrected chi connectivity index (χ1v) is 11.4. The number of benzene rings is 3. The maximum atomic E-state index is 13.3. The second kappa shape index (κ2) is 10.7. The summed E-state index contributed by atoms with van der Waals surface area (Å²) in [5, 5.41) is 7.06. The minimum atomic E-state index is -4.43. The Morgan fingerprint density at radius 2 is 1.78 bits per heavy atom. The Bertz CT molecular complexity index is 1240. The molecular weight excluding hydrogens is 471 g/mol. The monoisotopic (exact) mass is 497 g/mol. The third-order valence-corrected chi connectivity index (χ3v) is 5.90. The molecule has 0 spiro atoms. The zero-order valence-electron chi connectivity index (χ0n) is 19.9. The Labute approximate surface area is 207 Å². The number of para-hydroxylation sites is 2. The van der Waals surface area contributed by atoms with Crippen molar-refractivity contribution in [1.82, 2.24) is 4.90 Å². The quantitative estimate of drug-likeness (QED) is 0.420. The molecule has 0 aromatic heterocycles. The predicted octanol–water partition coefficient (Wildman–Crippen LogP) is 6.25. The van der Waals surface area contributed by atoms with Crippen LogP contribution in [0.5, 0.6) is 5.75 Å². The standard InChI is InChI=1S/C27H26F3N3O3/c1-18-7-3-4-8-22(18)24-15-21(36-32-24)17-33(16-19-11-13-20(14-12-19)27(28,29)30)26(34)31-23-9-5-6-10-25(23)35-2/h3-14,21H,15-17H2,1-2H3,(H,31,34)/t21-/m0/s1. The Kier molecular flexibility index (Phi) is 7.47. The summed E-state index contributed by atoms with van der Waals surface area (Å²) in [4.78, 5) is 20.4. The summed E-state index contributed by atoms with van der Waals surface area (Å²) in [7, 11) is 1.50. The minimum Gasteiger partial charge on any atom is -0.495 e. The first-order chi connectivity index (χ1) is 17.2. The van der Waals surface area contributed by atoms with Crippen LogP contribution in [0, 0.1) is 6.92 Å². The number of hydrogen-bond acceptors (Lipinski definition) is 4. The van der Waals surface area contributed by atoms with Gasteiger partial charge in [0.1, 0.15) is 5.75 Å². The summed E-state index contributed by atoms with van der Waals surface area (Å²) in [6.07, 6.45) is -4.34. The fourth-order valence-electron chi connectivity index (χ4n) is 4.01. The van der Waals surface area contributed by atoms with Crippen LogP contribution in [0.4, 0.5) is 23.7 Å². The molecule has 1 N–H and O–H groups in total. The lowest BCUT2D eigenvalue weighted by Crippen LogP contribution is -2.40. The number of halogens is 3. The topological polar surface area (TPSA) is 63.2 Å². The lowest BCUT2D eigenvalue weighted by Gasteiger charge is -2.26. The summed E-state index contributed by atoms with van der Waals surface area (Å²) in [5.74, 6) is 0.489. The van der Waals surface area contributed by atoms with Gasteiger partial charge in [0, 0.05) is 18.5 Å². The summed E-state index contributed by atoms with van der Waals surface area (Å²) in [6.45, 7) is 2.25. The number of anilines is 1. The molecule has 0 bridgehead atoms. The zero-order chi connectivity index (χ0) is 25.7. The van der Waals surface area contributed by atoms with Gasteiger partial charge in [-0.15, -0.1) is 0 Å². The number of nitrogens with zero attached hydrogens (tertiary/aromatic N) is 2. The van der Waals surface area contributed by atoms with Crippen LogP contribution < -0.4 is 10.1 Å². The number of urea groups is 1. The molecule has 0 saturated heterocycles. The highest BCUT2D eigenvalue weighted by Crippen LogP contribution is 2.30. The lowest BCUT2D eigenvalue weighted by molar-refractivity contribution is -0.137. The molecule has 1 aliphatic rings. The molecule has 3 aromatic rings. The van der Waals surface area contributed by atoms with E-state index in [2.05, 4.69) is 10.5 Å². The van der Waals surface area contributed by atoms with Gasteiger partial charge in [0.25, 0.3) is 0 Å². The van der Waals surface area contributed by atoms with Gasteiger partial charge in [-0.25, -0.2) is 4.79 Å². The van der Waals surface area contributed by atoms with Crippen molar-refractivity contribution in [2.45, 2.75) is 32.2 Å². The molecule has 0 saturated carbocycles. The largest absolute Gasteiger partial charge is 0.495 e. The highest BCUT2D eigenvalue weighted by Gasteiger charge is 2.31. The van der Waals surface area contributed by atoms with E-state index in [1.807, 2.05) is 31.2 Å². The summed E-state index contributed by atoms with van der Waals surface area (Å²) < 4.78 is 44.3. The average molecular weight is 498 g/mol. The molecule has 1 aliphatic heterocycles. The van der Waals surface area contributed by atoms with Crippen molar-refractivity contribution in [3.8, 4) is 5.75 Å². The molecule has 0 fully saturated rings. The number of amides is 2. The SMILES string of the molecule is COc1ccccc1NC(=O)N(Cc1ccc(C(F)(F)F)cc1)C[C@@H]1CC(c2ccccc2C)=NO1. The van der Waals surface area contributed by atoms with E-state index in [0.29, 0.717) is 23.4 Å². The molecule has 188 valence electrons. The highest BCUT2D eigenvalue weighted by molar-refractivity contribution is 6.02. The van der Waals surface area contributed by atoms with Crippen LogP contribution in [-0.4, -0.2) is 36.4 Å². The first kappa shape index (κ1) is 25.1. The van der Waals surface area contributed by atoms with Crippen molar-refractivity contribution in [2.24, 2.45) is 5.16 Å². The third-order valence-electron chi connectivity index (χ3n) is 5.90. The molecule has 2 amide bonds. The van der Waals surface area contributed by atoms with E-state index in [1.54, 1.807) is 24.3 Å². The Morgan fingerprint density at radius 3 is 2.47 bits per heavy atom. The van der Waals surface area contributed by atoms with Gasteiger partial charge in [-0.2, -0.15) is 13.2 Å². The van der Waals surface area contributed by atoms with Crippen molar-refractivity contribution >= 4 is 17.4 Å². The number of hydrogen-bond donors (Lipinski definition) is 1. The zero-order valence-corrected chi connectivity index (χ0v) is 19.9. The number of aryl methyl sites for hydroxylation is 1. The summed E-state index contributed by atoms with van der Waals surface area (Å²) >= 11 is 0. The van der Waals surface area contributed by atoms with Crippen molar-refractivity contribution in [3.63, 3.8) is 0 Å². The summed E-state index contributed by atoms with van der Waals surface area (Å²) in [6, 6.07) is 19.1. The van der Waals surface area contributed by atoms with Gasteiger partial charge in [0.2, 0.25) is 0 Å². The molecule has 0 radical (unpaired) electrons. The van der Waals surface area contributed by atoms with Crippen LogP contribution in [0.1, 0.15) is 28.7 Å². The fourth-order valence-corrected chi connectivity index (χ4v) is 4.01.